The lowest BCUT2D eigenvalue weighted by Crippen LogP contribution is -1.98. The van der Waals surface area contributed by atoms with Gasteiger partial charge in [-0.2, -0.15) is 5.10 Å². The molecular weight excluding hydrogens is 392 g/mol. The summed E-state index contributed by atoms with van der Waals surface area (Å²) in [4.78, 5) is 0. The number of aromatic amines is 1. The summed E-state index contributed by atoms with van der Waals surface area (Å²) in [6, 6.07) is 18.8. The van der Waals surface area contributed by atoms with Crippen LogP contribution in [0.2, 0.25) is 0 Å². The number of benzene rings is 3. The van der Waals surface area contributed by atoms with Crippen LogP contribution in [0.3, 0.4) is 0 Å². The van der Waals surface area contributed by atoms with Gasteiger partial charge < -0.3 is 19.3 Å². The summed E-state index contributed by atoms with van der Waals surface area (Å²) >= 11 is 0. The molecule has 0 aliphatic rings. The van der Waals surface area contributed by atoms with Crippen LogP contribution in [0.1, 0.15) is 16.7 Å². The van der Waals surface area contributed by atoms with Crippen molar-refractivity contribution >= 4 is 0 Å². The van der Waals surface area contributed by atoms with Crippen molar-refractivity contribution in [3.63, 3.8) is 0 Å². The third kappa shape index (κ3) is 4.48. The Morgan fingerprint density at radius 2 is 1.74 bits per heavy atom. The van der Waals surface area contributed by atoms with Crippen LogP contribution in [0.25, 0.3) is 11.3 Å². The molecule has 0 radical (unpaired) electrons. The highest BCUT2D eigenvalue weighted by Gasteiger charge is 2.16. The Kier molecular flexibility index (Phi) is 5.80. The van der Waals surface area contributed by atoms with Crippen LogP contribution in [0, 0.1) is 13.8 Å². The molecule has 0 fully saturated rings. The summed E-state index contributed by atoms with van der Waals surface area (Å²) < 4.78 is 17.2. The fourth-order valence-corrected chi connectivity index (χ4v) is 3.30. The number of aryl methyl sites for hydroxylation is 2. The fraction of sp³-hybridized carbons (Fsp3) is 0.160. The van der Waals surface area contributed by atoms with Gasteiger partial charge in [-0.05, 0) is 49.2 Å². The van der Waals surface area contributed by atoms with E-state index in [-0.39, 0.29) is 5.75 Å². The van der Waals surface area contributed by atoms with E-state index in [1.165, 1.54) is 11.1 Å². The van der Waals surface area contributed by atoms with Crippen LogP contribution < -0.4 is 14.2 Å². The van der Waals surface area contributed by atoms with E-state index in [0.29, 0.717) is 40.9 Å². The smallest absolute Gasteiger partial charge is 0.173 e. The number of aromatic hydroxyl groups is 1. The molecule has 6 nitrogen and oxygen atoms in total. The number of nitrogens with zero attached hydrogens (tertiary/aromatic N) is 1. The first-order valence-electron chi connectivity index (χ1n) is 9.91. The van der Waals surface area contributed by atoms with Crippen molar-refractivity contribution in [3.8, 4) is 40.0 Å². The molecule has 3 aromatic carbocycles. The van der Waals surface area contributed by atoms with E-state index in [0.717, 1.165) is 5.56 Å². The van der Waals surface area contributed by atoms with Crippen LogP contribution in [-0.2, 0) is 6.61 Å². The SMILES string of the molecule is COc1ccccc1Oc1cn[nH]c1-c1ccc(OCc2cc(C)ccc2C)cc1O. The Balaban J connectivity index is 1.54. The maximum Gasteiger partial charge on any atom is 0.173 e. The van der Waals surface area contributed by atoms with Crippen molar-refractivity contribution in [2.24, 2.45) is 0 Å². The molecule has 0 spiro atoms. The number of H-pyrrole nitrogens is 1. The van der Waals surface area contributed by atoms with E-state index in [1.54, 1.807) is 31.5 Å². The quantitative estimate of drug-likeness (QED) is 0.399. The largest absolute Gasteiger partial charge is 0.507 e. The second kappa shape index (κ2) is 8.83. The number of ether oxygens (including phenoxy) is 3. The number of rotatable bonds is 7. The standard InChI is InChI=1S/C25H24N2O4/c1-16-8-9-17(2)18(12-16)15-30-19-10-11-20(21(28)13-19)25-24(14-26-27-25)31-23-7-5-4-6-22(23)29-3/h4-14,28H,15H2,1-3H3,(H,26,27). The topological polar surface area (TPSA) is 76.6 Å². The van der Waals surface area contributed by atoms with Crippen LogP contribution in [0.5, 0.6) is 28.7 Å². The summed E-state index contributed by atoms with van der Waals surface area (Å²) in [5.74, 6) is 2.28. The third-order valence-electron chi connectivity index (χ3n) is 5.03. The van der Waals surface area contributed by atoms with Crippen molar-refractivity contribution in [3.05, 3.63) is 83.6 Å². The van der Waals surface area contributed by atoms with Gasteiger partial charge in [0.15, 0.2) is 17.2 Å². The summed E-state index contributed by atoms with van der Waals surface area (Å²) in [5.41, 5.74) is 4.59. The molecule has 0 bridgehead atoms. The van der Waals surface area contributed by atoms with E-state index in [2.05, 4.69) is 42.2 Å². The lowest BCUT2D eigenvalue weighted by molar-refractivity contribution is 0.303. The van der Waals surface area contributed by atoms with Gasteiger partial charge in [-0.15, -0.1) is 0 Å². The molecule has 1 heterocycles. The van der Waals surface area contributed by atoms with Crippen LogP contribution in [0.4, 0.5) is 0 Å². The van der Waals surface area contributed by atoms with Crippen LogP contribution in [-0.4, -0.2) is 22.4 Å². The first kappa shape index (κ1) is 20.3. The summed E-state index contributed by atoms with van der Waals surface area (Å²) in [7, 11) is 1.58. The van der Waals surface area contributed by atoms with Crippen molar-refractivity contribution in [1.82, 2.24) is 10.2 Å². The minimum absolute atomic E-state index is 0.0626. The Morgan fingerprint density at radius 3 is 2.52 bits per heavy atom. The maximum atomic E-state index is 10.6. The first-order valence-corrected chi connectivity index (χ1v) is 9.91. The predicted octanol–water partition coefficient (Wildman–Crippen LogP) is 5.78. The summed E-state index contributed by atoms with van der Waals surface area (Å²) in [6.07, 6.45) is 1.56. The number of methoxy groups -OCH3 is 1. The predicted molar refractivity (Wildman–Crippen MR) is 119 cm³/mol. The molecule has 4 rings (SSSR count). The zero-order valence-electron chi connectivity index (χ0n) is 17.7. The Hall–Kier alpha value is -3.93. The highest BCUT2D eigenvalue weighted by atomic mass is 16.5. The molecule has 6 heteroatoms. The Morgan fingerprint density at radius 1 is 0.935 bits per heavy atom. The highest BCUT2D eigenvalue weighted by Crippen LogP contribution is 2.39. The zero-order chi connectivity index (χ0) is 21.8. The number of aromatic nitrogens is 2. The van der Waals surface area contributed by atoms with Crippen molar-refractivity contribution in [2.45, 2.75) is 20.5 Å². The van der Waals surface area contributed by atoms with Crippen molar-refractivity contribution < 1.29 is 19.3 Å². The van der Waals surface area contributed by atoms with Gasteiger partial charge >= 0.3 is 0 Å². The van der Waals surface area contributed by atoms with Gasteiger partial charge in [-0.25, -0.2) is 0 Å². The van der Waals surface area contributed by atoms with Gasteiger partial charge in [-0.3, -0.25) is 5.10 Å². The molecule has 0 unspecified atom stereocenters. The van der Waals surface area contributed by atoms with Crippen molar-refractivity contribution in [1.29, 1.82) is 0 Å². The normalized spacial score (nSPS) is 10.7. The molecule has 0 saturated heterocycles. The monoisotopic (exact) mass is 416 g/mol. The minimum Gasteiger partial charge on any atom is -0.507 e. The van der Waals surface area contributed by atoms with Gasteiger partial charge in [0.2, 0.25) is 0 Å². The average molecular weight is 416 g/mol. The van der Waals surface area contributed by atoms with E-state index >= 15 is 0 Å². The minimum atomic E-state index is 0.0626. The lowest BCUT2D eigenvalue weighted by Gasteiger charge is -2.12. The van der Waals surface area contributed by atoms with E-state index in [1.807, 2.05) is 24.3 Å². The molecule has 158 valence electrons. The van der Waals surface area contributed by atoms with Crippen molar-refractivity contribution in [2.75, 3.05) is 7.11 Å². The molecule has 0 aliphatic heterocycles. The molecule has 0 amide bonds. The van der Waals surface area contributed by atoms with Crippen LogP contribution in [0.15, 0.2) is 66.9 Å². The molecule has 4 aromatic rings. The van der Waals surface area contributed by atoms with E-state index < -0.39 is 0 Å². The van der Waals surface area contributed by atoms with Gasteiger partial charge in [0, 0.05) is 11.6 Å². The highest BCUT2D eigenvalue weighted by molar-refractivity contribution is 5.73. The van der Waals surface area contributed by atoms with Gasteiger partial charge in [0.25, 0.3) is 0 Å². The molecule has 31 heavy (non-hydrogen) atoms. The maximum absolute atomic E-state index is 10.6. The summed E-state index contributed by atoms with van der Waals surface area (Å²) in [6.45, 7) is 4.54. The second-order valence-electron chi connectivity index (χ2n) is 7.26. The van der Waals surface area contributed by atoms with E-state index in [4.69, 9.17) is 14.2 Å². The number of phenols is 1. The number of phenolic OH excluding ortho intramolecular Hbond substituents is 1. The van der Waals surface area contributed by atoms with Crippen LogP contribution >= 0.6 is 0 Å². The average Bonchev–Trinajstić information content (AvgIpc) is 3.22. The second-order valence-corrected chi connectivity index (χ2v) is 7.26. The van der Waals surface area contributed by atoms with Gasteiger partial charge in [-0.1, -0.05) is 35.9 Å². The van der Waals surface area contributed by atoms with Gasteiger partial charge in [0.1, 0.15) is 23.8 Å². The molecule has 1 aromatic heterocycles. The number of nitrogens with one attached hydrogen (secondary N) is 1. The number of hydrogen-bond acceptors (Lipinski definition) is 5. The molecular formula is C25H24N2O4. The summed E-state index contributed by atoms with van der Waals surface area (Å²) in [5, 5.41) is 17.6. The molecule has 0 atom stereocenters. The number of para-hydroxylation sites is 2. The first-order chi connectivity index (χ1) is 15.0. The van der Waals surface area contributed by atoms with E-state index in [9.17, 15) is 5.11 Å². The molecule has 2 N–H and O–H groups in total. The Labute approximate surface area is 181 Å². The molecule has 0 aliphatic carbocycles. The Bertz CT molecular complexity index is 1200. The number of hydrogen-bond donors (Lipinski definition) is 2. The van der Waals surface area contributed by atoms with Gasteiger partial charge in [0.05, 0.1) is 13.3 Å². The zero-order valence-corrected chi connectivity index (χ0v) is 17.7. The third-order valence-corrected chi connectivity index (χ3v) is 5.03. The fourth-order valence-electron chi connectivity index (χ4n) is 3.30. The molecule has 0 saturated carbocycles. The lowest BCUT2D eigenvalue weighted by atomic mass is 10.1.